The molecule has 0 bridgehead atoms. The molecule has 3 heteroatoms. The van der Waals surface area contributed by atoms with E-state index in [0.29, 0.717) is 0 Å². The Labute approximate surface area is 132 Å². The largest absolute Gasteiger partial charge is 0.140 e. The number of rotatable bonds is 3. The predicted molar refractivity (Wildman–Crippen MR) is 92.7 cm³/mol. The Morgan fingerprint density at radius 1 is 0.800 bits per heavy atom. The average molecular weight is 317 g/mol. The van der Waals surface area contributed by atoms with E-state index in [0.717, 1.165) is 10.6 Å². The quantitative estimate of drug-likeness (QED) is 0.510. The lowest BCUT2D eigenvalue weighted by Crippen LogP contribution is -1.69. The second-order valence-corrected chi connectivity index (χ2v) is 7.34. The van der Waals surface area contributed by atoms with E-state index in [1.165, 1.54) is 19.5 Å². The van der Waals surface area contributed by atoms with E-state index >= 15 is 0 Å². The van der Waals surface area contributed by atoms with E-state index in [2.05, 4.69) is 43.3 Å². The lowest BCUT2D eigenvalue weighted by molar-refractivity contribution is 1.64. The molecule has 2 aromatic heterocycles. The topological polar surface area (TPSA) is 0 Å². The van der Waals surface area contributed by atoms with Crippen LogP contribution in [0.4, 0.5) is 0 Å². The zero-order chi connectivity index (χ0) is 13.9. The number of halogens is 1. The van der Waals surface area contributed by atoms with Crippen molar-refractivity contribution in [3.05, 3.63) is 68.9 Å². The molecule has 3 rings (SSSR count). The molecule has 0 aliphatic rings. The molecule has 0 fully saturated rings. The first-order valence-corrected chi connectivity index (χ1v) is 8.32. The molecule has 0 spiro atoms. The summed E-state index contributed by atoms with van der Waals surface area (Å²) >= 11 is 9.54. The monoisotopic (exact) mass is 316 g/mol. The van der Waals surface area contributed by atoms with Gasteiger partial charge in [0, 0.05) is 24.5 Å². The van der Waals surface area contributed by atoms with Gasteiger partial charge in [0.25, 0.3) is 0 Å². The maximum atomic E-state index is 5.88. The maximum Gasteiger partial charge on any atom is 0.0449 e. The number of hydrogen-bond donors (Lipinski definition) is 0. The average Bonchev–Trinajstić information content (AvgIpc) is 3.07. The summed E-state index contributed by atoms with van der Waals surface area (Å²) in [7, 11) is 0. The van der Waals surface area contributed by atoms with Crippen LogP contribution in [0, 0.1) is 6.92 Å². The molecule has 0 atom stereocenters. The predicted octanol–water partition coefficient (Wildman–Crippen LogP) is 6.61. The molecule has 0 unspecified atom stereocenters. The van der Waals surface area contributed by atoms with Gasteiger partial charge >= 0.3 is 0 Å². The van der Waals surface area contributed by atoms with Crippen molar-refractivity contribution in [2.45, 2.75) is 6.92 Å². The highest BCUT2D eigenvalue weighted by Crippen LogP contribution is 2.33. The fraction of sp³-hybridized carbons (Fsp3) is 0.0588. The minimum Gasteiger partial charge on any atom is -0.140 e. The zero-order valence-corrected chi connectivity index (χ0v) is 13.4. The first kappa shape index (κ1) is 13.6. The van der Waals surface area contributed by atoms with Gasteiger partial charge in [0.2, 0.25) is 0 Å². The first-order valence-electron chi connectivity index (χ1n) is 6.31. The van der Waals surface area contributed by atoms with Gasteiger partial charge in [-0.3, -0.25) is 0 Å². The molecule has 0 amide bonds. The van der Waals surface area contributed by atoms with Crippen LogP contribution >= 0.6 is 34.3 Å². The van der Waals surface area contributed by atoms with Gasteiger partial charge in [0.15, 0.2) is 0 Å². The molecular formula is C17H13ClS2. The normalized spacial score (nSPS) is 11.3. The van der Waals surface area contributed by atoms with E-state index in [9.17, 15) is 0 Å². The molecule has 3 aromatic rings. The fourth-order valence-electron chi connectivity index (χ4n) is 1.89. The van der Waals surface area contributed by atoms with Crippen molar-refractivity contribution < 1.29 is 0 Å². The highest BCUT2D eigenvalue weighted by atomic mass is 35.5. The summed E-state index contributed by atoms with van der Waals surface area (Å²) in [5.74, 6) is 0. The van der Waals surface area contributed by atoms with Gasteiger partial charge in [0.1, 0.15) is 0 Å². The Bertz CT molecular complexity index is 732. The minimum atomic E-state index is 0.772. The van der Waals surface area contributed by atoms with Crippen LogP contribution in [-0.2, 0) is 0 Å². The van der Waals surface area contributed by atoms with Crippen molar-refractivity contribution >= 4 is 46.4 Å². The van der Waals surface area contributed by atoms with E-state index in [1.807, 2.05) is 46.9 Å². The van der Waals surface area contributed by atoms with Crippen molar-refractivity contribution in [1.29, 1.82) is 0 Å². The summed E-state index contributed by atoms with van der Waals surface area (Å²) in [5.41, 5.74) is 1.16. The van der Waals surface area contributed by atoms with E-state index in [-0.39, 0.29) is 0 Å². The molecule has 0 N–H and O–H groups in total. The first-order chi connectivity index (χ1) is 9.70. The van der Waals surface area contributed by atoms with Crippen molar-refractivity contribution in [2.75, 3.05) is 0 Å². The summed E-state index contributed by atoms with van der Waals surface area (Å²) in [5, 5.41) is 0.772. The van der Waals surface area contributed by atoms with Crippen molar-refractivity contribution in [1.82, 2.24) is 0 Å². The van der Waals surface area contributed by atoms with Crippen LogP contribution in [-0.4, -0.2) is 0 Å². The van der Waals surface area contributed by atoms with Crippen LogP contribution in [0.2, 0.25) is 5.02 Å². The van der Waals surface area contributed by atoms with Gasteiger partial charge in [-0.05, 0) is 55.0 Å². The maximum absolute atomic E-state index is 5.88. The highest BCUT2D eigenvalue weighted by molar-refractivity contribution is 7.22. The number of thiophene rings is 2. The Morgan fingerprint density at radius 3 is 2.20 bits per heavy atom. The lowest BCUT2D eigenvalue weighted by atomic mass is 10.2. The third kappa shape index (κ3) is 3.21. The molecule has 0 aliphatic carbocycles. The van der Waals surface area contributed by atoms with Crippen molar-refractivity contribution in [2.24, 2.45) is 0 Å². The van der Waals surface area contributed by atoms with Crippen LogP contribution < -0.4 is 0 Å². The Balaban J connectivity index is 1.78. The Morgan fingerprint density at radius 2 is 1.50 bits per heavy atom. The van der Waals surface area contributed by atoms with E-state index in [4.69, 9.17) is 11.6 Å². The van der Waals surface area contributed by atoms with E-state index in [1.54, 1.807) is 0 Å². The molecule has 0 radical (unpaired) electrons. The SMILES string of the molecule is Cc1ccc(-c2ccc(/C=C/c3ccc(Cl)cc3)s2)s1. The third-order valence-electron chi connectivity index (χ3n) is 2.92. The molecule has 0 nitrogen and oxygen atoms in total. The van der Waals surface area contributed by atoms with Gasteiger partial charge in [0.05, 0.1) is 0 Å². The fourth-order valence-corrected chi connectivity index (χ4v) is 3.89. The third-order valence-corrected chi connectivity index (χ3v) is 5.42. The van der Waals surface area contributed by atoms with Crippen LogP contribution in [0.1, 0.15) is 15.3 Å². The smallest absolute Gasteiger partial charge is 0.0449 e. The summed E-state index contributed by atoms with van der Waals surface area (Å²) in [6, 6.07) is 16.6. The van der Waals surface area contributed by atoms with Crippen LogP contribution in [0.25, 0.3) is 21.9 Å². The van der Waals surface area contributed by atoms with Crippen LogP contribution in [0.3, 0.4) is 0 Å². The molecule has 0 saturated heterocycles. The molecule has 2 heterocycles. The van der Waals surface area contributed by atoms with Gasteiger partial charge in [-0.15, -0.1) is 22.7 Å². The summed E-state index contributed by atoms with van der Waals surface area (Å²) in [6.07, 6.45) is 4.27. The summed E-state index contributed by atoms with van der Waals surface area (Å²) in [4.78, 5) is 5.30. The number of aryl methyl sites for hydroxylation is 1. The number of benzene rings is 1. The highest BCUT2D eigenvalue weighted by Gasteiger charge is 2.03. The molecule has 20 heavy (non-hydrogen) atoms. The molecule has 0 aliphatic heterocycles. The van der Waals surface area contributed by atoms with Crippen molar-refractivity contribution in [3.8, 4) is 9.75 Å². The Hall–Kier alpha value is -1.35. The van der Waals surface area contributed by atoms with Gasteiger partial charge in [-0.2, -0.15) is 0 Å². The van der Waals surface area contributed by atoms with Gasteiger partial charge in [-0.1, -0.05) is 29.8 Å². The molecule has 1 aromatic carbocycles. The second kappa shape index (κ2) is 5.96. The zero-order valence-electron chi connectivity index (χ0n) is 11.0. The number of hydrogen-bond acceptors (Lipinski definition) is 2. The van der Waals surface area contributed by atoms with E-state index < -0.39 is 0 Å². The summed E-state index contributed by atoms with van der Waals surface area (Å²) in [6.45, 7) is 2.14. The standard InChI is InChI=1S/C17H13ClS2/c1-12-2-10-16(19-12)17-11-9-15(20-17)8-5-13-3-6-14(18)7-4-13/h2-11H,1H3/b8-5+. The summed E-state index contributed by atoms with van der Waals surface area (Å²) < 4.78 is 0. The Kier molecular flexibility index (Phi) is 4.06. The second-order valence-electron chi connectivity index (χ2n) is 4.50. The molecule has 0 saturated carbocycles. The van der Waals surface area contributed by atoms with Gasteiger partial charge in [-0.25, -0.2) is 0 Å². The molecule has 100 valence electrons. The molecular weight excluding hydrogens is 304 g/mol. The van der Waals surface area contributed by atoms with Crippen LogP contribution in [0.5, 0.6) is 0 Å². The lowest BCUT2D eigenvalue weighted by Gasteiger charge is -1.93. The minimum absolute atomic E-state index is 0.772. The van der Waals surface area contributed by atoms with Crippen LogP contribution in [0.15, 0.2) is 48.5 Å². The van der Waals surface area contributed by atoms with Crippen molar-refractivity contribution in [3.63, 3.8) is 0 Å². The van der Waals surface area contributed by atoms with Gasteiger partial charge < -0.3 is 0 Å².